The molecule has 3 heteroatoms. The topological polar surface area (TPSA) is 12.5 Å². The third-order valence-corrected chi connectivity index (χ3v) is 5.65. The molecule has 0 radical (unpaired) electrons. The summed E-state index contributed by atoms with van der Waals surface area (Å²) in [5.41, 5.74) is 0.474. The highest BCUT2D eigenvalue weighted by molar-refractivity contribution is 9.09. The summed E-state index contributed by atoms with van der Waals surface area (Å²) in [4.78, 5) is 2.67. The van der Waals surface area contributed by atoms with Crippen LogP contribution in [0.4, 0.5) is 0 Å². The Morgan fingerprint density at radius 3 is 2.25 bits per heavy atom. The van der Waals surface area contributed by atoms with Crippen LogP contribution in [0, 0.1) is 17.3 Å². The SMILES string of the molecule is CC1CN(CC2(CBr)CCOCC2)CC1C. The van der Waals surface area contributed by atoms with Gasteiger partial charge in [0.1, 0.15) is 0 Å². The molecule has 2 aliphatic rings. The highest BCUT2D eigenvalue weighted by Crippen LogP contribution is 2.35. The first kappa shape index (κ1) is 12.8. The van der Waals surface area contributed by atoms with Crippen LogP contribution < -0.4 is 0 Å². The molecule has 2 heterocycles. The summed E-state index contributed by atoms with van der Waals surface area (Å²) in [6, 6.07) is 0. The zero-order valence-corrected chi connectivity index (χ0v) is 12.1. The first-order chi connectivity index (χ1) is 7.65. The number of ether oxygens (including phenoxy) is 1. The van der Waals surface area contributed by atoms with Gasteiger partial charge in [0.15, 0.2) is 0 Å². The minimum atomic E-state index is 0.474. The fourth-order valence-corrected chi connectivity index (χ4v) is 3.73. The standard InChI is InChI=1S/C13H24BrNO/c1-11-7-15(8-12(11)2)10-13(9-14)3-5-16-6-4-13/h11-12H,3-10H2,1-2H3. The predicted molar refractivity (Wildman–Crippen MR) is 71.0 cm³/mol. The normalized spacial score (nSPS) is 35.4. The van der Waals surface area contributed by atoms with Crippen LogP contribution in [0.15, 0.2) is 0 Å². The van der Waals surface area contributed by atoms with Gasteiger partial charge in [0.05, 0.1) is 0 Å². The second-order valence-electron chi connectivity index (χ2n) is 5.89. The number of hydrogen-bond acceptors (Lipinski definition) is 2. The van der Waals surface area contributed by atoms with E-state index in [0.29, 0.717) is 5.41 Å². The molecule has 2 nitrogen and oxygen atoms in total. The monoisotopic (exact) mass is 289 g/mol. The van der Waals surface area contributed by atoms with Gasteiger partial charge in [-0.2, -0.15) is 0 Å². The largest absolute Gasteiger partial charge is 0.381 e. The van der Waals surface area contributed by atoms with Crippen LogP contribution in [0.25, 0.3) is 0 Å². The third kappa shape index (κ3) is 2.80. The molecular formula is C13H24BrNO. The van der Waals surface area contributed by atoms with Crippen molar-refractivity contribution in [2.24, 2.45) is 17.3 Å². The van der Waals surface area contributed by atoms with E-state index < -0.39 is 0 Å². The molecule has 0 aromatic carbocycles. The summed E-state index contributed by atoms with van der Waals surface area (Å²) in [5.74, 6) is 1.74. The lowest BCUT2D eigenvalue weighted by Gasteiger charge is -2.38. The van der Waals surface area contributed by atoms with Crippen molar-refractivity contribution in [3.8, 4) is 0 Å². The van der Waals surface area contributed by atoms with E-state index in [4.69, 9.17) is 4.74 Å². The molecule has 2 unspecified atom stereocenters. The molecule has 0 saturated carbocycles. The van der Waals surface area contributed by atoms with Crippen molar-refractivity contribution in [1.82, 2.24) is 4.90 Å². The molecule has 94 valence electrons. The Bertz CT molecular complexity index is 218. The maximum atomic E-state index is 5.49. The highest BCUT2D eigenvalue weighted by atomic mass is 79.9. The Hall–Kier alpha value is 0.400. The van der Waals surface area contributed by atoms with Crippen LogP contribution >= 0.6 is 15.9 Å². The average Bonchev–Trinajstić information content (AvgIpc) is 2.59. The van der Waals surface area contributed by atoms with Crippen molar-refractivity contribution in [3.05, 3.63) is 0 Å². The van der Waals surface area contributed by atoms with E-state index in [0.717, 1.165) is 30.4 Å². The van der Waals surface area contributed by atoms with Gasteiger partial charge < -0.3 is 9.64 Å². The summed E-state index contributed by atoms with van der Waals surface area (Å²) in [7, 11) is 0. The van der Waals surface area contributed by atoms with E-state index >= 15 is 0 Å². The number of alkyl halides is 1. The van der Waals surface area contributed by atoms with E-state index in [-0.39, 0.29) is 0 Å². The summed E-state index contributed by atoms with van der Waals surface area (Å²) < 4.78 is 5.49. The Balaban J connectivity index is 1.91. The Morgan fingerprint density at radius 2 is 1.75 bits per heavy atom. The van der Waals surface area contributed by atoms with Gasteiger partial charge in [-0.15, -0.1) is 0 Å². The van der Waals surface area contributed by atoms with Crippen molar-refractivity contribution in [3.63, 3.8) is 0 Å². The summed E-state index contributed by atoms with van der Waals surface area (Å²) >= 11 is 3.72. The minimum Gasteiger partial charge on any atom is -0.381 e. The van der Waals surface area contributed by atoms with Crippen LogP contribution in [0.2, 0.25) is 0 Å². The molecule has 0 N–H and O–H groups in total. The van der Waals surface area contributed by atoms with Crippen molar-refractivity contribution < 1.29 is 4.74 Å². The zero-order chi connectivity index (χ0) is 11.6. The van der Waals surface area contributed by atoms with Gasteiger partial charge in [0, 0.05) is 38.2 Å². The molecular weight excluding hydrogens is 266 g/mol. The smallest absolute Gasteiger partial charge is 0.0472 e. The van der Waals surface area contributed by atoms with Gasteiger partial charge >= 0.3 is 0 Å². The lowest BCUT2D eigenvalue weighted by atomic mass is 9.82. The number of halogens is 1. The van der Waals surface area contributed by atoms with Crippen LogP contribution in [0.5, 0.6) is 0 Å². The van der Waals surface area contributed by atoms with Gasteiger partial charge in [0.2, 0.25) is 0 Å². The van der Waals surface area contributed by atoms with Crippen molar-refractivity contribution in [2.45, 2.75) is 26.7 Å². The molecule has 2 saturated heterocycles. The fourth-order valence-electron chi connectivity index (χ4n) is 2.99. The average molecular weight is 290 g/mol. The number of rotatable bonds is 3. The molecule has 2 rings (SSSR count). The fraction of sp³-hybridized carbons (Fsp3) is 1.00. The molecule has 0 spiro atoms. The molecule has 2 fully saturated rings. The molecule has 0 amide bonds. The first-order valence-corrected chi connectivity index (χ1v) is 7.63. The van der Waals surface area contributed by atoms with E-state index in [2.05, 4.69) is 34.7 Å². The van der Waals surface area contributed by atoms with Gasteiger partial charge in [-0.3, -0.25) is 0 Å². The van der Waals surface area contributed by atoms with Crippen molar-refractivity contribution in [1.29, 1.82) is 0 Å². The van der Waals surface area contributed by atoms with E-state index in [1.54, 1.807) is 0 Å². The summed E-state index contributed by atoms with van der Waals surface area (Å²) in [5, 5.41) is 1.13. The Morgan fingerprint density at radius 1 is 1.19 bits per heavy atom. The van der Waals surface area contributed by atoms with Gasteiger partial charge in [-0.1, -0.05) is 29.8 Å². The number of nitrogens with zero attached hydrogens (tertiary/aromatic N) is 1. The Labute approximate surface area is 108 Å². The lowest BCUT2D eigenvalue weighted by molar-refractivity contribution is 0.0110. The van der Waals surface area contributed by atoms with E-state index in [1.807, 2.05) is 0 Å². The summed E-state index contributed by atoms with van der Waals surface area (Å²) in [6.07, 6.45) is 2.44. The van der Waals surface area contributed by atoms with Gasteiger partial charge in [0.25, 0.3) is 0 Å². The van der Waals surface area contributed by atoms with Crippen LogP contribution in [0.1, 0.15) is 26.7 Å². The van der Waals surface area contributed by atoms with Gasteiger partial charge in [-0.05, 0) is 30.1 Å². The lowest BCUT2D eigenvalue weighted by Crippen LogP contribution is -2.42. The highest BCUT2D eigenvalue weighted by Gasteiger charge is 2.36. The Kier molecular flexibility index (Phi) is 4.31. The molecule has 0 aromatic heterocycles. The minimum absolute atomic E-state index is 0.474. The zero-order valence-electron chi connectivity index (χ0n) is 10.5. The van der Waals surface area contributed by atoms with Crippen molar-refractivity contribution in [2.75, 3.05) is 38.2 Å². The molecule has 2 aliphatic heterocycles. The second-order valence-corrected chi connectivity index (χ2v) is 6.46. The maximum Gasteiger partial charge on any atom is 0.0472 e. The second kappa shape index (κ2) is 5.36. The molecule has 0 aromatic rings. The quantitative estimate of drug-likeness (QED) is 0.741. The number of hydrogen-bond donors (Lipinski definition) is 0. The van der Waals surface area contributed by atoms with E-state index in [1.165, 1.54) is 32.5 Å². The molecule has 0 bridgehead atoms. The number of likely N-dealkylation sites (tertiary alicyclic amines) is 1. The van der Waals surface area contributed by atoms with Crippen LogP contribution in [-0.2, 0) is 4.74 Å². The molecule has 2 atom stereocenters. The van der Waals surface area contributed by atoms with Crippen molar-refractivity contribution >= 4 is 15.9 Å². The molecule has 16 heavy (non-hydrogen) atoms. The summed E-state index contributed by atoms with van der Waals surface area (Å²) in [6.45, 7) is 10.5. The van der Waals surface area contributed by atoms with E-state index in [9.17, 15) is 0 Å². The predicted octanol–water partition coefficient (Wildman–Crippen LogP) is 2.77. The maximum absolute atomic E-state index is 5.49. The first-order valence-electron chi connectivity index (χ1n) is 6.51. The molecule has 0 aliphatic carbocycles. The van der Waals surface area contributed by atoms with Crippen LogP contribution in [0.3, 0.4) is 0 Å². The third-order valence-electron chi connectivity index (χ3n) is 4.46. The van der Waals surface area contributed by atoms with Gasteiger partial charge in [-0.25, -0.2) is 0 Å². The van der Waals surface area contributed by atoms with Crippen LogP contribution in [-0.4, -0.2) is 43.1 Å².